The van der Waals surface area contributed by atoms with Crippen molar-refractivity contribution < 1.29 is 9.59 Å². The van der Waals surface area contributed by atoms with Gasteiger partial charge in [0.15, 0.2) is 5.13 Å². The van der Waals surface area contributed by atoms with Gasteiger partial charge in [-0.3, -0.25) is 14.9 Å². The Morgan fingerprint density at radius 1 is 1.40 bits per heavy atom. The van der Waals surface area contributed by atoms with Gasteiger partial charge in [0.25, 0.3) is 0 Å². The van der Waals surface area contributed by atoms with E-state index in [1.807, 2.05) is 31.2 Å². The van der Waals surface area contributed by atoms with Crippen LogP contribution in [0.4, 0.5) is 10.8 Å². The van der Waals surface area contributed by atoms with Crippen LogP contribution in [0.5, 0.6) is 0 Å². The molecule has 102 valence electrons. The Bertz CT molecular complexity index is 654. The minimum Gasteiger partial charge on any atom is -0.301 e. The third-order valence-corrected chi connectivity index (χ3v) is 3.96. The van der Waals surface area contributed by atoms with Gasteiger partial charge < -0.3 is 4.90 Å². The number of benzene rings is 1. The highest BCUT2D eigenvalue weighted by Gasteiger charge is 2.34. The summed E-state index contributed by atoms with van der Waals surface area (Å²) in [6, 6.07) is 7.65. The van der Waals surface area contributed by atoms with E-state index in [9.17, 15) is 9.59 Å². The standard InChI is InChI=1S/C14H13N3O2S/c1-9-8-10-4-2-3-5-11(10)17(9)13(19)12(18)16-14-15-6-7-20-14/h2-7,9H,8H2,1H3,(H,15,16,18). The first-order valence-electron chi connectivity index (χ1n) is 6.29. The molecule has 1 aliphatic heterocycles. The quantitative estimate of drug-likeness (QED) is 0.817. The Hall–Kier alpha value is -2.21. The van der Waals surface area contributed by atoms with Crippen molar-refractivity contribution in [2.75, 3.05) is 10.2 Å². The molecule has 2 amide bonds. The average Bonchev–Trinajstić information content (AvgIpc) is 3.04. The van der Waals surface area contributed by atoms with Crippen LogP contribution in [0.3, 0.4) is 0 Å². The number of fused-ring (bicyclic) bond motifs is 1. The number of anilines is 2. The predicted molar refractivity (Wildman–Crippen MR) is 77.8 cm³/mol. The number of aromatic nitrogens is 1. The first-order chi connectivity index (χ1) is 9.66. The van der Waals surface area contributed by atoms with Gasteiger partial charge in [-0.1, -0.05) is 18.2 Å². The van der Waals surface area contributed by atoms with Crippen LogP contribution in [0.1, 0.15) is 12.5 Å². The van der Waals surface area contributed by atoms with Gasteiger partial charge in [-0.2, -0.15) is 0 Å². The van der Waals surface area contributed by atoms with Gasteiger partial charge in [0, 0.05) is 23.3 Å². The third kappa shape index (κ3) is 2.18. The van der Waals surface area contributed by atoms with E-state index in [4.69, 9.17) is 0 Å². The van der Waals surface area contributed by atoms with Crippen LogP contribution >= 0.6 is 11.3 Å². The van der Waals surface area contributed by atoms with Crippen molar-refractivity contribution in [3.8, 4) is 0 Å². The van der Waals surface area contributed by atoms with Gasteiger partial charge in [-0.25, -0.2) is 4.98 Å². The number of hydrogen-bond acceptors (Lipinski definition) is 4. The molecule has 0 bridgehead atoms. The first-order valence-corrected chi connectivity index (χ1v) is 7.16. The van der Waals surface area contributed by atoms with Crippen molar-refractivity contribution in [1.82, 2.24) is 4.98 Å². The molecule has 1 atom stereocenters. The van der Waals surface area contributed by atoms with Gasteiger partial charge in [0.2, 0.25) is 0 Å². The van der Waals surface area contributed by atoms with Crippen molar-refractivity contribution in [2.45, 2.75) is 19.4 Å². The van der Waals surface area contributed by atoms with Crippen molar-refractivity contribution in [2.24, 2.45) is 0 Å². The van der Waals surface area contributed by atoms with Gasteiger partial charge >= 0.3 is 11.8 Å². The highest BCUT2D eigenvalue weighted by atomic mass is 32.1. The number of rotatable bonds is 1. The summed E-state index contributed by atoms with van der Waals surface area (Å²) >= 11 is 1.28. The molecule has 0 saturated carbocycles. The van der Waals surface area contributed by atoms with E-state index in [1.54, 1.807) is 16.5 Å². The van der Waals surface area contributed by atoms with Gasteiger partial charge in [0.05, 0.1) is 0 Å². The lowest BCUT2D eigenvalue weighted by molar-refractivity contribution is -0.134. The van der Waals surface area contributed by atoms with E-state index >= 15 is 0 Å². The molecular weight excluding hydrogens is 274 g/mol. The second kappa shape index (κ2) is 5.05. The molecule has 3 rings (SSSR count). The fourth-order valence-corrected chi connectivity index (χ4v) is 2.94. The minimum absolute atomic E-state index is 0.0121. The molecule has 5 nitrogen and oxygen atoms in total. The zero-order chi connectivity index (χ0) is 14.1. The molecule has 0 aliphatic carbocycles. The molecule has 1 unspecified atom stereocenters. The topological polar surface area (TPSA) is 62.3 Å². The maximum absolute atomic E-state index is 12.3. The summed E-state index contributed by atoms with van der Waals surface area (Å²) in [5, 5.41) is 4.70. The largest absolute Gasteiger partial charge is 0.316 e. The molecular formula is C14H13N3O2S. The van der Waals surface area contributed by atoms with E-state index in [-0.39, 0.29) is 6.04 Å². The second-order valence-corrected chi connectivity index (χ2v) is 5.54. The molecule has 20 heavy (non-hydrogen) atoms. The van der Waals surface area contributed by atoms with Crippen LogP contribution in [0.2, 0.25) is 0 Å². The SMILES string of the molecule is CC1Cc2ccccc2N1C(=O)C(=O)Nc1nccs1. The number of nitrogens with zero attached hydrogens (tertiary/aromatic N) is 2. The lowest BCUT2D eigenvalue weighted by atomic mass is 10.1. The smallest absolute Gasteiger partial charge is 0.301 e. The first kappa shape index (κ1) is 12.8. The van der Waals surface area contributed by atoms with Crippen molar-refractivity contribution in [3.63, 3.8) is 0 Å². The van der Waals surface area contributed by atoms with Crippen molar-refractivity contribution in [1.29, 1.82) is 0 Å². The Balaban J connectivity index is 1.82. The van der Waals surface area contributed by atoms with E-state index in [0.29, 0.717) is 5.13 Å². The molecule has 0 saturated heterocycles. The van der Waals surface area contributed by atoms with Crippen LogP contribution in [-0.2, 0) is 16.0 Å². The van der Waals surface area contributed by atoms with Crippen LogP contribution in [-0.4, -0.2) is 22.8 Å². The summed E-state index contributed by atoms with van der Waals surface area (Å²) in [4.78, 5) is 29.9. The molecule has 0 fully saturated rings. The van der Waals surface area contributed by atoms with Crippen LogP contribution in [0.15, 0.2) is 35.8 Å². The molecule has 1 N–H and O–H groups in total. The zero-order valence-corrected chi connectivity index (χ0v) is 11.7. The minimum atomic E-state index is -0.650. The third-order valence-electron chi connectivity index (χ3n) is 3.27. The van der Waals surface area contributed by atoms with Gasteiger partial charge in [0.1, 0.15) is 0 Å². The lowest BCUT2D eigenvalue weighted by Crippen LogP contribution is -2.43. The fraction of sp³-hybridized carbons (Fsp3) is 0.214. The van der Waals surface area contributed by atoms with Gasteiger partial charge in [-0.15, -0.1) is 11.3 Å². The normalized spacial score (nSPS) is 16.9. The Labute approximate surface area is 120 Å². The number of nitrogens with one attached hydrogen (secondary N) is 1. The van der Waals surface area contributed by atoms with Gasteiger partial charge in [-0.05, 0) is 25.0 Å². The van der Waals surface area contributed by atoms with E-state index in [1.165, 1.54) is 11.3 Å². The van der Waals surface area contributed by atoms with Crippen LogP contribution in [0, 0.1) is 0 Å². The number of carbonyl (C=O) groups is 2. The maximum atomic E-state index is 12.3. The summed E-state index contributed by atoms with van der Waals surface area (Å²) < 4.78 is 0. The Morgan fingerprint density at radius 3 is 2.95 bits per heavy atom. The average molecular weight is 287 g/mol. The monoisotopic (exact) mass is 287 g/mol. The summed E-state index contributed by atoms with van der Waals surface area (Å²) in [7, 11) is 0. The molecule has 0 radical (unpaired) electrons. The summed E-state index contributed by atoms with van der Waals surface area (Å²) in [5.41, 5.74) is 1.91. The van der Waals surface area contributed by atoms with E-state index in [2.05, 4.69) is 10.3 Å². The summed E-state index contributed by atoms with van der Waals surface area (Å²) in [5.74, 6) is -1.19. The predicted octanol–water partition coefficient (Wildman–Crippen LogP) is 2.06. The van der Waals surface area contributed by atoms with Crippen LogP contribution < -0.4 is 10.2 Å². The molecule has 1 aliphatic rings. The molecule has 0 spiro atoms. The lowest BCUT2D eigenvalue weighted by Gasteiger charge is -2.21. The highest BCUT2D eigenvalue weighted by molar-refractivity contribution is 7.13. The summed E-state index contributed by atoms with van der Waals surface area (Å²) in [6.07, 6.45) is 2.35. The molecule has 2 heterocycles. The zero-order valence-electron chi connectivity index (χ0n) is 10.9. The molecule has 1 aromatic heterocycles. The molecule has 1 aromatic carbocycles. The molecule has 2 aromatic rings. The second-order valence-electron chi connectivity index (χ2n) is 4.65. The van der Waals surface area contributed by atoms with E-state index in [0.717, 1.165) is 17.7 Å². The number of amides is 2. The number of para-hydroxylation sites is 1. The van der Waals surface area contributed by atoms with E-state index < -0.39 is 11.8 Å². The highest BCUT2D eigenvalue weighted by Crippen LogP contribution is 2.31. The summed E-state index contributed by atoms with van der Waals surface area (Å²) in [6.45, 7) is 1.94. The number of hydrogen-bond donors (Lipinski definition) is 1. The Morgan fingerprint density at radius 2 is 2.20 bits per heavy atom. The maximum Gasteiger partial charge on any atom is 0.316 e. The molecule has 6 heteroatoms. The Kier molecular flexibility index (Phi) is 3.23. The van der Waals surface area contributed by atoms with Crippen molar-refractivity contribution >= 4 is 34.0 Å². The fourth-order valence-electron chi connectivity index (χ4n) is 2.42. The number of carbonyl (C=O) groups excluding carboxylic acids is 2. The van der Waals surface area contributed by atoms with Crippen molar-refractivity contribution in [3.05, 3.63) is 41.4 Å². The van der Waals surface area contributed by atoms with Crippen LogP contribution in [0.25, 0.3) is 0 Å². The number of thiazole rings is 1.